The third kappa shape index (κ3) is 3.78. The van der Waals surface area contributed by atoms with Gasteiger partial charge >= 0.3 is 0 Å². The van der Waals surface area contributed by atoms with E-state index < -0.39 is 0 Å². The van der Waals surface area contributed by atoms with E-state index in [9.17, 15) is 4.79 Å². The SMILES string of the molecule is O=C(NCC#CCOc1cccc2ccccc12)c1ccc2[nH]ccc2c1. The molecule has 1 heterocycles. The fourth-order valence-electron chi connectivity index (χ4n) is 2.97. The zero-order valence-electron chi connectivity index (χ0n) is 14.7. The number of aromatic amines is 1. The molecule has 0 atom stereocenters. The van der Waals surface area contributed by atoms with Gasteiger partial charge in [-0.05, 0) is 35.7 Å². The highest BCUT2D eigenvalue weighted by Gasteiger charge is 2.05. The van der Waals surface area contributed by atoms with Crippen molar-refractivity contribution in [1.29, 1.82) is 0 Å². The van der Waals surface area contributed by atoms with Crippen LogP contribution in [0.5, 0.6) is 5.75 Å². The third-order valence-corrected chi connectivity index (χ3v) is 4.33. The summed E-state index contributed by atoms with van der Waals surface area (Å²) in [6.07, 6.45) is 1.85. The van der Waals surface area contributed by atoms with Crippen molar-refractivity contribution in [3.05, 3.63) is 78.5 Å². The van der Waals surface area contributed by atoms with Crippen LogP contribution in [0.15, 0.2) is 72.9 Å². The number of hydrogen-bond acceptors (Lipinski definition) is 2. The van der Waals surface area contributed by atoms with E-state index in [4.69, 9.17) is 4.74 Å². The van der Waals surface area contributed by atoms with Gasteiger partial charge in [-0.1, -0.05) is 48.2 Å². The van der Waals surface area contributed by atoms with Crippen LogP contribution in [0.1, 0.15) is 10.4 Å². The summed E-state index contributed by atoms with van der Waals surface area (Å²) in [6, 6.07) is 21.5. The van der Waals surface area contributed by atoms with Gasteiger partial charge in [0.25, 0.3) is 5.91 Å². The van der Waals surface area contributed by atoms with Gasteiger partial charge in [0.15, 0.2) is 0 Å². The number of rotatable bonds is 4. The molecule has 27 heavy (non-hydrogen) atoms. The smallest absolute Gasteiger partial charge is 0.252 e. The van der Waals surface area contributed by atoms with Crippen molar-refractivity contribution in [2.24, 2.45) is 0 Å². The Bertz CT molecular complexity index is 1160. The van der Waals surface area contributed by atoms with Crippen LogP contribution in [-0.2, 0) is 0 Å². The second kappa shape index (κ2) is 7.67. The van der Waals surface area contributed by atoms with Gasteiger partial charge in [-0.3, -0.25) is 4.79 Å². The number of amides is 1. The number of hydrogen-bond donors (Lipinski definition) is 2. The summed E-state index contributed by atoms with van der Waals surface area (Å²) in [7, 11) is 0. The van der Waals surface area contributed by atoms with E-state index in [2.05, 4.69) is 22.1 Å². The standard InChI is InChI=1S/C23H18N2O2/c26-23(19-10-11-21-18(16-19)12-14-24-21)25-13-3-4-15-27-22-9-5-7-17-6-1-2-8-20(17)22/h1-2,5-12,14,16,24H,13,15H2,(H,25,26). The van der Waals surface area contributed by atoms with Gasteiger partial charge in [0, 0.05) is 28.0 Å². The lowest BCUT2D eigenvalue weighted by Gasteiger charge is -2.06. The predicted molar refractivity (Wildman–Crippen MR) is 108 cm³/mol. The van der Waals surface area contributed by atoms with E-state index in [0.29, 0.717) is 5.56 Å². The Labute approximate surface area is 157 Å². The maximum absolute atomic E-state index is 12.2. The molecule has 0 aliphatic rings. The molecule has 0 bridgehead atoms. The van der Waals surface area contributed by atoms with Crippen molar-refractivity contribution in [3.63, 3.8) is 0 Å². The summed E-state index contributed by atoms with van der Waals surface area (Å²) in [6.45, 7) is 0.558. The molecular formula is C23H18N2O2. The number of aromatic nitrogens is 1. The number of H-pyrrole nitrogens is 1. The number of ether oxygens (including phenoxy) is 1. The molecule has 0 aliphatic heterocycles. The molecule has 1 amide bonds. The number of fused-ring (bicyclic) bond motifs is 2. The molecule has 4 aromatic rings. The summed E-state index contributed by atoms with van der Waals surface area (Å²) in [5, 5.41) is 6.02. The number of benzene rings is 3. The largest absolute Gasteiger partial charge is 0.480 e. The summed E-state index contributed by atoms with van der Waals surface area (Å²) >= 11 is 0. The van der Waals surface area contributed by atoms with E-state index in [-0.39, 0.29) is 19.1 Å². The molecule has 4 nitrogen and oxygen atoms in total. The lowest BCUT2D eigenvalue weighted by molar-refractivity contribution is 0.0959. The maximum atomic E-state index is 12.2. The normalized spacial score (nSPS) is 10.4. The van der Waals surface area contributed by atoms with Crippen molar-refractivity contribution in [3.8, 4) is 17.6 Å². The first-order valence-corrected chi connectivity index (χ1v) is 8.73. The molecule has 0 saturated carbocycles. The summed E-state index contributed by atoms with van der Waals surface area (Å²) in [4.78, 5) is 15.3. The Hall–Kier alpha value is -3.71. The van der Waals surface area contributed by atoms with Crippen LogP contribution < -0.4 is 10.1 Å². The van der Waals surface area contributed by atoms with Gasteiger partial charge in [0.05, 0.1) is 6.54 Å². The first-order chi connectivity index (χ1) is 13.3. The molecule has 0 unspecified atom stereocenters. The maximum Gasteiger partial charge on any atom is 0.252 e. The van der Waals surface area contributed by atoms with Crippen LogP contribution in [0.25, 0.3) is 21.7 Å². The number of nitrogens with one attached hydrogen (secondary N) is 2. The van der Waals surface area contributed by atoms with Crippen LogP contribution >= 0.6 is 0 Å². The Balaban J connectivity index is 1.31. The van der Waals surface area contributed by atoms with E-state index in [0.717, 1.165) is 27.4 Å². The molecular weight excluding hydrogens is 336 g/mol. The third-order valence-electron chi connectivity index (χ3n) is 4.33. The van der Waals surface area contributed by atoms with Gasteiger partial charge in [0.1, 0.15) is 12.4 Å². The molecule has 1 aromatic heterocycles. The Morgan fingerprint density at radius 3 is 2.81 bits per heavy atom. The minimum absolute atomic E-state index is 0.137. The highest BCUT2D eigenvalue weighted by molar-refractivity contribution is 5.98. The molecule has 3 aromatic carbocycles. The van der Waals surface area contributed by atoms with Crippen LogP contribution in [0.3, 0.4) is 0 Å². The van der Waals surface area contributed by atoms with Gasteiger partial charge < -0.3 is 15.0 Å². The Kier molecular flexibility index (Phi) is 4.76. The van der Waals surface area contributed by atoms with Crippen LogP contribution in [0, 0.1) is 11.8 Å². The first-order valence-electron chi connectivity index (χ1n) is 8.73. The topological polar surface area (TPSA) is 54.1 Å². The Morgan fingerprint density at radius 2 is 1.85 bits per heavy atom. The van der Waals surface area contributed by atoms with Gasteiger partial charge in [0.2, 0.25) is 0 Å². The van der Waals surface area contributed by atoms with Crippen LogP contribution in [0.2, 0.25) is 0 Å². The van der Waals surface area contributed by atoms with Crippen molar-refractivity contribution in [2.75, 3.05) is 13.2 Å². The summed E-state index contributed by atoms with van der Waals surface area (Å²) in [5.41, 5.74) is 1.63. The molecule has 0 spiro atoms. The average Bonchev–Trinajstić information content (AvgIpc) is 3.18. The fraction of sp³-hybridized carbons (Fsp3) is 0.0870. The first kappa shape index (κ1) is 16.7. The van der Waals surface area contributed by atoms with Gasteiger partial charge in [-0.2, -0.15) is 0 Å². The lowest BCUT2D eigenvalue weighted by Crippen LogP contribution is -2.23. The average molecular weight is 354 g/mol. The van der Waals surface area contributed by atoms with Crippen molar-refractivity contribution in [2.45, 2.75) is 0 Å². The second-order valence-electron chi connectivity index (χ2n) is 6.08. The summed E-state index contributed by atoms with van der Waals surface area (Å²) < 4.78 is 5.76. The Morgan fingerprint density at radius 1 is 0.963 bits per heavy atom. The van der Waals surface area contributed by atoms with Gasteiger partial charge in [-0.25, -0.2) is 0 Å². The zero-order chi connectivity index (χ0) is 18.5. The minimum Gasteiger partial charge on any atom is -0.480 e. The second-order valence-corrected chi connectivity index (χ2v) is 6.08. The minimum atomic E-state index is -0.137. The molecule has 0 fully saturated rings. The molecule has 2 N–H and O–H groups in total. The molecule has 0 radical (unpaired) electrons. The van der Waals surface area contributed by atoms with Crippen molar-refractivity contribution >= 4 is 27.6 Å². The highest BCUT2D eigenvalue weighted by Crippen LogP contribution is 2.24. The van der Waals surface area contributed by atoms with Crippen LogP contribution in [0.4, 0.5) is 0 Å². The van der Waals surface area contributed by atoms with E-state index in [1.54, 1.807) is 6.07 Å². The molecule has 132 valence electrons. The monoisotopic (exact) mass is 354 g/mol. The van der Waals surface area contributed by atoms with E-state index in [1.807, 2.05) is 66.9 Å². The fourth-order valence-corrected chi connectivity index (χ4v) is 2.97. The number of carbonyl (C=O) groups is 1. The number of carbonyl (C=O) groups excluding carboxylic acids is 1. The van der Waals surface area contributed by atoms with Crippen molar-refractivity contribution < 1.29 is 9.53 Å². The van der Waals surface area contributed by atoms with E-state index >= 15 is 0 Å². The molecule has 0 aliphatic carbocycles. The van der Waals surface area contributed by atoms with Crippen molar-refractivity contribution in [1.82, 2.24) is 10.3 Å². The van der Waals surface area contributed by atoms with E-state index in [1.165, 1.54) is 0 Å². The zero-order valence-corrected chi connectivity index (χ0v) is 14.7. The molecule has 4 rings (SSSR count). The predicted octanol–water partition coefficient (Wildman–Crippen LogP) is 4.13. The lowest BCUT2D eigenvalue weighted by atomic mass is 10.1. The van der Waals surface area contributed by atoms with Gasteiger partial charge in [-0.15, -0.1) is 0 Å². The highest BCUT2D eigenvalue weighted by atomic mass is 16.5. The quantitative estimate of drug-likeness (QED) is 0.541. The van der Waals surface area contributed by atoms with Crippen LogP contribution in [-0.4, -0.2) is 24.0 Å². The molecule has 0 saturated heterocycles. The summed E-state index contributed by atoms with van der Waals surface area (Å²) in [5.74, 6) is 6.54. The molecule has 4 heteroatoms.